The third kappa shape index (κ3) is 3.59. The Morgan fingerprint density at radius 1 is 1.43 bits per heavy atom. The van der Waals surface area contributed by atoms with Gasteiger partial charge in [0.1, 0.15) is 11.8 Å². The lowest BCUT2D eigenvalue weighted by atomic mass is 10.1. The zero-order valence-corrected chi connectivity index (χ0v) is 11.3. The van der Waals surface area contributed by atoms with E-state index in [9.17, 15) is 14.7 Å². The Morgan fingerprint density at radius 3 is 2.76 bits per heavy atom. The van der Waals surface area contributed by atoms with E-state index in [2.05, 4.69) is 15.3 Å². The maximum atomic E-state index is 12.1. The number of aliphatic carboxylic acids is 1. The average molecular weight is 289 g/mol. The topological polar surface area (TPSA) is 115 Å². The largest absolute Gasteiger partial charge is 0.507 e. The molecule has 0 aliphatic carbocycles. The van der Waals surface area contributed by atoms with Crippen molar-refractivity contribution < 1.29 is 19.8 Å². The number of imidazole rings is 1. The summed E-state index contributed by atoms with van der Waals surface area (Å²) in [5.41, 5.74) is 1.43. The number of carboxylic acids is 1. The number of rotatable bonds is 5. The Balaban J connectivity index is 2.12. The monoisotopic (exact) mass is 289 g/mol. The zero-order chi connectivity index (χ0) is 15.4. The molecule has 1 aromatic heterocycles. The molecule has 7 heteroatoms. The minimum absolute atomic E-state index is 0.0384. The van der Waals surface area contributed by atoms with Crippen molar-refractivity contribution >= 4 is 11.9 Å². The van der Waals surface area contributed by atoms with Crippen LogP contribution in [0.15, 0.2) is 30.7 Å². The number of amides is 1. The van der Waals surface area contributed by atoms with Crippen molar-refractivity contribution in [2.24, 2.45) is 0 Å². The van der Waals surface area contributed by atoms with E-state index in [0.29, 0.717) is 5.69 Å². The van der Waals surface area contributed by atoms with Gasteiger partial charge in [-0.05, 0) is 24.6 Å². The van der Waals surface area contributed by atoms with Crippen LogP contribution in [0.3, 0.4) is 0 Å². The summed E-state index contributed by atoms with van der Waals surface area (Å²) in [6, 6.07) is 3.45. The minimum atomic E-state index is -1.16. The second-order valence-corrected chi connectivity index (χ2v) is 4.67. The third-order valence-corrected chi connectivity index (χ3v) is 2.98. The normalized spacial score (nSPS) is 11.9. The van der Waals surface area contributed by atoms with Gasteiger partial charge in [0.05, 0.1) is 11.9 Å². The number of nitrogens with zero attached hydrogens (tertiary/aromatic N) is 1. The Kier molecular flexibility index (Phi) is 4.22. The Morgan fingerprint density at radius 2 is 2.19 bits per heavy atom. The molecule has 2 aromatic rings. The first kappa shape index (κ1) is 14.6. The van der Waals surface area contributed by atoms with Gasteiger partial charge >= 0.3 is 5.97 Å². The van der Waals surface area contributed by atoms with Crippen LogP contribution in [0.25, 0.3) is 0 Å². The summed E-state index contributed by atoms with van der Waals surface area (Å²) in [4.78, 5) is 29.9. The van der Waals surface area contributed by atoms with E-state index < -0.39 is 17.9 Å². The number of H-pyrrole nitrogens is 1. The highest BCUT2D eigenvalue weighted by Crippen LogP contribution is 2.18. The van der Waals surface area contributed by atoms with E-state index in [0.717, 1.165) is 5.56 Å². The number of carbonyl (C=O) groups excluding carboxylic acids is 1. The van der Waals surface area contributed by atoms with Gasteiger partial charge in [0.25, 0.3) is 5.91 Å². The number of benzene rings is 1. The molecule has 0 aliphatic heterocycles. The van der Waals surface area contributed by atoms with Gasteiger partial charge in [0, 0.05) is 18.3 Å². The molecular weight excluding hydrogens is 274 g/mol. The summed E-state index contributed by atoms with van der Waals surface area (Å²) in [7, 11) is 0. The molecular formula is C14H15N3O4. The summed E-state index contributed by atoms with van der Waals surface area (Å²) in [6.45, 7) is 1.78. The number of nitrogens with one attached hydrogen (secondary N) is 2. The van der Waals surface area contributed by atoms with Crippen molar-refractivity contribution in [3.05, 3.63) is 47.5 Å². The minimum Gasteiger partial charge on any atom is -0.507 e. The number of aromatic nitrogens is 2. The molecule has 1 heterocycles. The van der Waals surface area contributed by atoms with Crippen molar-refractivity contribution in [3.8, 4) is 5.75 Å². The molecule has 0 saturated carbocycles. The van der Waals surface area contributed by atoms with Crippen molar-refractivity contribution in [2.75, 3.05) is 0 Å². The highest BCUT2D eigenvalue weighted by molar-refractivity contribution is 5.98. The van der Waals surface area contributed by atoms with Gasteiger partial charge in [0.2, 0.25) is 0 Å². The van der Waals surface area contributed by atoms with Crippen LogP contribution in [0.1, 0.15) is 21.6 Å². The van der Waals surface area contributed by atoms with Crippen molar-refractivity contribution in [1.29, 1.82) is 0 Å². The van der Waals surface area contributed by atoms with E-state index in [-0.39, 0.29) is 17.7 Å². The van der Waals surface area contributed by atoms with Crippen LogP contribution in [-0.4, -0.2) is 38.1 Å². The quantitative estimate of drug-likeness (QED) is 0.651. The van der Waals surface area contributed by atoms with E-state index in [1.165, 1.54) is 24.7 Å². The number of phenolic OH excluding ortho intramolecular Hbond substituents is 1. The van der Waals surface area contributed by atoms with Gasteiger partial charge in [-0.15, -0.1) is 0 Å². The first-order valence-corrected chi connectivity index (χ1v) is 6.28. The van der Waals surface area contributed by atoms with Crippen molar-refractivity contribution in [3.63, 3.8) is 0 Å². The number of hydrogen-bond acceptors (Lipinski definition) is 4. The summed E-state index contributed by atoms with van der Waals surface area (Å²) in [5.74, 6) is -1.98. The molecule has 0 fully saturated rings. The summed E-state index contributed by atoms with van der Waals surface area (Å²) < 4.78 is 0. The van der Waals surface area contributed by atoms with Crippen LogP contribution in [0.4, 0.5) is 0 Å². The lowest BCUT2D eigenvalue weighted by Gasteiger charge is -2.14. The highest BCUT2D eigenvalue weighted by Gasteiger charge is 2.23. The van der Waals surface area contributed by atoms with Gasteiger partial charge in [-0.1, -0.05) is 6.07 Å². The average Bonchev–Trinajstić information content (AvgIpc) is 2.90. The second kappa shape index (κ2) is 6.08. The van der Waals surface area contributed by atoms with E-state index in [1.807, 2.05) is 0 Å². The van der Waals surface area contributed by atoms with Crippen LogP contribution in [0.5, 0.6) is 5.75 Å². The molecule has 2 rings (SSSR count). The number of carbonyl (C=O) groups is 2. The zero-order valence-electron chi connectivity index (χ0n) is 11.3. The first-order chi connectivity index (χ1) is 9.97. The molecule has 4 N–H and O–H groups in total. The number of carboxylic acid groups (broad SMARTS) is 1. The summed E-state index contributed by atoms with van der Waals surface area (Å²) >= 11 is 0. The number of phenols is 1. The van der Waals surface area contributed by atoms with E-state index >= 15 is 0 Å². The predicted molar refractivity (Wildman–Crippen MR) is 74.0 cm³/mol. The standard InChI is InChI=1S/C14H15N3O4/c1-8-2-3-10(12(18)4-8)13(19)17-11(14(20)21)5-9-6-15-7-16-9/h2-4,6-7,11,18H,5H2,1H3,(H,15,16)(H,17,19)(H,20,21)/t11-/m0/s1. The van der Waals surface area contributed by atoms with Crippen LogP contribution in [0.2, 0.25) is 0 Å². The van der Waals surface area contributed by atoms with Gasteiger partial charge in [-0.2, -0.15) is 0 Å². The molecule has 0 radical (unpaired) electrons. The highest BCUT2D eigenvalue weighted by atomic mass is 16.4. The Bertz CT molecular complexity index is 652. The maximum Gasteiger partial charge on any atom is 0.326 e. The smallest absolute Gasteiger partial charge is 0.326 e. The SMILES string of the molecule is Cc1ccc(C(=O)N[C@@H](Cc2cnc[nH]2)C(=O)O)c(O)c1. The molecule has 0 bridgehead atoms. The van der Waals surface area contributed by atoms with Crippen molar-refractivity contribution in [2.45, 2.75) is 19.4 Å². The van der Waals surface area contributed by atoms with Gasteiger partial charge in [-0.25, -0.2) is 9.78 Å². The van der Waals surface area contributed by atoms with Crippen molar-refractivity contribution in [1.82, 2.24) is 15.3 Å². The van der Waals surface area contributed by atoms with Crippen LogP contribution < -0.4 is 5.32 Å². The van der Waals surface area contributed by atoms with Crippen LogP contribution in [0, 0.1) is 6.92 Å². The first-order valence-electron chi connectivity index (χ1n) is 6.28. The Labute approximate surface area is 120 Å². The molecule has 21 heavy (non-hydrogen) atoms. The fourth-order valence-electron chi connectivity index (χ4n) is 1.89. The predicted octanol–water partition coefficient (Wildman–Crippen LogP) is 0.849. The number of aromatic hydroxyl groups is 1. The lowest BCUT2D eigenvalue weighted by Crippen LogP contribution is -2.42. The molecule has 0 unspecified atom stereocenters. The lowest BCUT2D eigenvalue weighted by molar-refractivity contribution is -0.139. The molecule has 0 aliphatic rings. The molecule has 1 amide bonds. The number of hydrogen-bond donors (Lipinski definition) is 4. The van der Waals surface area contributed by atoms with E-state index in [4.69, 9.17) is 5.11 Å². The van der Waals surface area contributed by atoms with E-state index in [1.54, 1.807) is 13.0 Å². The molecule has 1 aromatic carbocycles. The third-order valence-electron chi connectivity index (χ3n) is 2.98. The van der Waals surface area contributed by atoms with Crippen LogP contribution >= 0.6 is 0 Å². The fourth-order valence-corrected chi connectivity index (χ4v) is 1.89. The molecule has 0 spiro atoms. The molecule has 1 atom stereocenters. The number of aryl methyl sites for hydroxylation is 1. The number of aromatic amines is 1. The fraction of sp³-hybridized carbons (Fsp3) is 0.214. The van der Waals surface area contributed by atoms with Crippen LogP contribution in [-0.2, 0) is 11.2 Å². The second-order valence-electron chi connectivity index (χ2n) is 4.67. The Hall–Kier alpha value is -2.83. The summed E-state index contributed by atoms with van der Waals surface area (Å²) in [5, 5.41) is 21.3. The van der Waals surface area contributed by atoms with Gasteiger partial charge in [0.15, 0.2) is 0 Å². The summed E-state index contributed by atoms with van der Waals surface area (Å²) in [6.07, 6.45) is 3.00. The molecule has 110 valence electrons. The molecule has 0 saturated heterocycles. The van der Waals surface area contributed by atoms with Gasteiger partial charge < -0.3 is 20.5 Å². The molecule has 7 nitrogen and oxygen atoms in total. The van der Waals surface area contributed by atoms with Gasteiger partial charge in [-0.3, -0.25) is 4.79 Å². The maximum absolute atomic E-state index is 12.1.